The quantitative estimate of drug-likeness (QED) is 0.648. The molecule has 0 saturated heterocycles. The molecular formula is C7H17NOS. The minimum atomic E-state index is -0.621. The standard InChI is InChI=1S/C7H17NOS/c1-4-8-7(3)6-10(9)5-2/h7-8H,4-6H2,1-3H3. The predicted molar refractivity (Wildman–Crippen MR) is 46.7 cm³/mol. The molecule has 0 aromatic rings. The molecule has 0 saturated carbocycles. The van der Waals surface area contributed by atoms with Gasteiger partial charge in [0, 0.05) is 28.3 Å². The second-order valence-corrected chi connectivity index (χ2v) is 4.14. The Morgan fingerprint density at radius 2 is 2.10 bits per heavy atom. The van der Waals surface area contributed by atoms with E-state index in [1.54, 1.807) is 0 Å². The molecule has 0 aliphatic heterocycles. The van der Waals surface area contributed by atoms with Gasteiger partial charge in [-0.15, -0.1) is 0 Å². The van der Waals surface area contributed by atoms with Gasteiger partial charge >= 0.3 is 0 Å². The first-order valence-electron chi connectivity index (χ1n) is 3.79. The monoisotopic (exact) mass is 163 g/mol. The summed E-state index contributed by atoms with van der Waals surface area (Å²) >= 11 is 0. The van der Waals surface area contributed by atoms with Gasteiger partial charge in [-0.3, -0.25) is 4.21 Å². The lowest BCUT2D eigenvalue weighted by molar-refractivity contribution is 0.607. The molecule has 0 aliphatic rings. The summed E-state index contributed by atoms with van der Waals surface area (Å²) in [6.45, 7) is 7.04. The average molecular weight is 163 g/mol. The third-order valence-corrected chi connectivity index (χ3v) is 2.83. The molecule has 0 spiro atoms. The van der Waals surface area contributed by atoms with E-state index in [1.807, 2.05) is 6.92 Å². The fourth-order valence-electron chi connectivity index (χ4n) is 0.804. The molecule has 1 N–H and O–H groups in total. The highest BCUT2D eigenvalue weighted by molar-refractivity contribution is 7.84. The zero-order valence-corrected chi connectivity index (χ0v) is 7.83. The van der Waals surface area contributed by atoms with Crippen LogP contribution in [-0.4, -0.2) is 28.3 Å². The molecule has 0 bridgehead atoms. The van der Waals surface area contributed by atoms with E-state index in [1.165, 1.54) is 0 Å². The molecule has 0 amide bonds. The summed E-state index contributed by atoms with van der Waals surface area (Å²) < 4.78 is 11.0. The lowest BCUT2D eigenvalue weighted by atomic mass is 10.4. The van der Waals surface area contributed by atoms with Gasteiger partial charge in [-0.05, 0) is 13.5 Å². The van der Waals surface area contributed by atoms with E-state index in [9.17, 15) is 4.21 Å². The Balaban J connectivity index is 3.37. The van der Waals surface area contributed by atoms with Gasteiger partial charge in [0.2, 0.25) is 0 Å². The maximum atomic E-state index is 11.0. The zero-order chi connectivity index (χ0) is 7.98. The smallest absolute Gasteiger partial charge is 0.0386 e. The zero-order valence-electron chi connectivity index (χ0n) is 7.02. The van der Waals surface area contributed by atoms with Crippen LogP contribution in [-0.2, 0) is 10.8 Å². The van der Waals surface area contributed by atoms with Crippen molar-refractivity contribution in [2.75, 3.05) is 18.1 Å². The third kappa shape index (κ3) is 4.94. The van der Waals surface area contributed by atoms with Crippen LogP contribution in [0, 0.1) is 0 Å². The van der Waals surface area contributed by atoms with Gasteiger partial charge in [0.05, 0.1) is 0 Å². The summed E-state index contributed by atoms with van der Waals surface area (Å²) in [7, 11) is -0.621. The van der Waals surface area contributed by atoms with Crippen molar-refractivity contribution in [2.24, 2.45) is 0 Å². The van der Waals surface area contributed by atoms with Gasteiger partial charge < -0.3 is 5.32 Å². The fraction of sp³-hybridized carbons (Fsp3) is 1.00. The first kappa shape index (κ1) is 10.1. The molecule has 3 heteroatoms. The van der Waals surface area contributed by atoms with Crippen LogP contribution in [0.4, 0.5) is 0 Å². The van der Waals surface area contributed by atoms with Crippen LogP contribution in [0.5, 0.6) is 0 Å². The van der Waals surface area contributed by atoms with Crippen molar-refractivity contribution in [2.45, 2.75) is 26.8 Å². The molecule has 10 heavy (non-hydrogen) atoms. The summed E-state index contributed by atoms with van der Waals surface area (Å²) in [6.07, 6.45) is 0. The van der Waals surface area contributed by atoms with Crippen molar-refractivity contribution >= 4 is 10.8 Å². The Labute approximate surface area is 65.9 Å². The van der Waals surface area contributed by atoms with Crippen molar-refractivity contribution in [3.05, 3.63) is 0 Å². The van der Waals surface area contributed by atoms with Crippen molar-refractivity contribution < 1.29 is 4.21 Å². The molecule has 0 aromatic carbocycles. The van der Waals surface area contributed by atoms with Gasteiger partial charge in [0.1, 0.15) is 0 Å². The van der Waals surface area contributed by atoms with E-state index in [4.69, 9.17) is 0 Å². The van der Waals surface area contributed by atoms with E-state index < -0.39 is 10.8 Å². The minimum Gasteiger partial charge on any atom is -0.314 e. The van der Waals surface area contributed by atoms with Crippen LogP contribution < -0.4 is 5.32 Å². The van der Waals surface area contributed by atoms with Crippen molar-refractivity contribution in [3.63, 3.8) is 0 Å². The molecule has 2 unspecified atom stereocenters. The molecule has 2 atom stereocenters. The molecule has 0 rings (SSSR count). The predicted octanol–water partition coefficient (Wildman–Crippen LogP) is 0.753. The fourth-order valence-corrected chi connectivity index (χ4v) is 1.72. The maximum absolute atomic E-state index is 11.0. The van der Waals surface area contributed by atoms with Gasteiger partial charge in [-0.1, -0.05) is 13.8 Å². The van der Waals surface area contributed by atoms with Gasteiger partial charge in [-0.2, -0.15) is 0 Å². The highest BCUT2D eigenvalue weighted by Crippen LogP contribution is 1.87. The highest BCUT2D eigenvalue weighted by atomic mass is 32.2. The summed E-state index contributed by atoms with van der Waals surface area (Å²) in [5.74, 6) is 1.56. The van der Waals surface area contributed by atoms with E-state index in [0.29, 0.717) is 6.04 Å². The van der Waals surface area contributed by atoms with Crippen molar-refractivity contribution in [1.29, 1.82) is 0 Å². The molecule has 0 heterocycles. The van der Waals surface area contributed by atoms with Crippen molar-refractivity contribution in [1.82, 2.24) is 5.32 Å². The minimum absolute atomic E-state index is 0.394. The number of hydrogen-bond donors (Lipinski definition) is 1. The SMILES string of the molecule is CCNC(C)CS(=O)CC. The maximum Gasteiger partial charge on any atom is 0.0386 e. The van der Waals surface area contributed by atoms with Crippen LogP contribution in [0.3, 0.4) is 0 Å². The van der Waals surface area contributed by atoms with Crippen LogP contribution in [0.2, 0.25) is 0 Å². The van der Waals surface area contributed by atoms with Crippen LogP contribution in [0.1, 0.15) is 20.8 Å². The van der Waals surface area contributed by atoms with E-state index in [2.05, 4.69) is 19.2 Å². The summed E-state index contributed by atoms with van der Waals surface area (Å²) in [5, 5.41) is 3.22. The molecule has 2 nitrogen and oxygen atoms in total. The van der Waals surface area contributed by atoms with E-state index in [0.717, 1.165) is 18.1 Å². The largest absolute Gasteiger partial charge is 0.314 e. The van der Waals surface area contributed by atoms with Crippen LogP contribution >= 0.6 is 0 Å². The Kier molecular flexibility index (Phi) is 5.93. The van der Waals surface area contributed by atoms with E-state index >= 15 is 0 Å². The van der Waals surface area contributed by atoms with Crippen LogP contribution in [0.25, 0.3) is 0 Å². The Morgan fingerprint density at radius 3 is 2.50 bits per heavy atom. The molecular weight excluding hydrogens is 146 g/mol. The lowest BCUT2D eigenvalue weighted by Gasteiger charge is -2.09. The van der Waals surface area contributed by atoms with Crippen LogP contribution in [0.15, 0.2) is 0 Å². The average Bonchev–Trinajstić information content (AvgIpc) is 1.88. The summed E-state index contributed by atoms with van der Waals surface area (Å²) in [6, 6.07) is 0.394. The molecule has 62 valence electrons. The Morgan fingerprint density at radius 1 is 1.50 bits per heavy atom. The highest BCUT2D eigenvalue weighted by Gasteiger charge is 2.02. The second kappa shape index (κ2) is 5.86. The summed E-state index contributed by atoms with van der Waals surface area (Å²) in [4.78, 5) is 0. The van der Waals surface area contributed by atoms with Gasteiger partial charge in [0.25, 0.3) is 0 Å². The Bertz CT molecular complexity index is 106. The van der Waals surface area contributed by atoms with Gasteiger partial charge in [-0.25, -0.2) is 0 Å². The van der Waals surface area contributed by atoms with Crippen molar-refractivity contribution in [3.8, 4) is 0 Å². The Hall–Kier alpha value is 0.110. The second-order valence-electron chi connectivity index (χ2n) is 2.35. The molecule has 0 radical (unpaired) electrons. The number of rotatable bonds is 5. The first-order valence-corrected chi connectivity index (χ1v) is 5.27. The molecule has 0 aliphatic carbocycles. The third-order valence-electron chi connectivity index (χ3n) is 1.31. The number of hydrogen-bond acceptors (Lipinski definition) is 2. The number of nitrogens with one attached hydrogen (secondary N) is 1. The molecule has 0 aromatic heterocycles. The molecule has 0 fully saturated rings. The van der Waals surface area contributed by atoms with Gasteiger partial charge in [0.15, 0.2) is 0 Å². The summed E-state index contributed by atoms with van der Waals surface area (Å²) in [5.41, 5.74) is 0. The van der Waals surface area contributed by atoms with E-state index in [-0.39, 0.29) is 0 Å². The normalized spacial score (nSPS) is 16.7. The topological polar surface area (TPSA) is 29.1 Å². The first-order chi connectivity index (χ1) is 4.70. The lowest BCUT2D eigenvalue weighted by Crippen LogP contribution is -2.31.